The fourth-order valence-electron chi connectivity index (χ4n) is 2.96. The summed E-state index contributed by atoms with van der Waals surface area (Å²) in [7, 11) is 1.59. The number of nitrogens with zero attached hydrogens (tertiary/aromatic N) is 4. The number of ether oxygens (including phenoxy) is 2. The van der Waals surface area contributed by atoms with E-state index in [4.69, 9.17) is 9.47 Å². The van der Waals surface area contributed by atoms with Gasteiger partial charge in [0.15, 0.2) is 6.61 Å². The van der Waals surface area contributed by atoms with Crippen molar-refractivity contribution in [2.75, 3.05) is 13.7 Å². The number of fused-ring (bicyclic) bond motifs is 1. The molecule has 2 heterocycles. The van der Waals surface area contributed by atoms with Gasteiger partial charge in [-0.25, -0.2) is 9.50 Å². The largest absolute Gasteiger partial charge is 0.497 e. The Kier molecular flexibility index (Phi) is 6.38. The van der Waals surface area contributed by atoms with Crippen molar-refractivity contribution >= 4 is 17.7 Å². The number of carbonyl (C=O) groups is 2. The summed E-state index contributed by atoms with van der Waals surface area (Å²) in [6.45, 7) is 3.81. The number of esters is 1. The smallest absolute Gasteiger partial charge is 0.306 e. The summed E-state index contributed by atoms with van der Waals surface area (Å²) >= 11 is 0. The summed E-state index contributed by atoms with van der Waals surface area (Å²) in [6.07, 6.45) is 2.04. The Morgan fingerprint density at radius 3 is 2.66 bits per heavy atom. The average Bonchev–Trinajstić information content (AvgIpc) is 3.19. The molecule has 0 aliphatic carbocycles. The lowest BCUT2D eigenvalue weighted by Crippen LogP contribution is -2.28. The molecule has 0 saturated carbocycles. The monoisotopic (exact) mass is 397 g/mol. The van der Waals surface area contributed by atoms with Crippen molar-refractivity contribution in [3.63, 3.8) is 0 Å². The highest BCUT2D eigenvalue weighted by atomic mass is 16.5. The summed E-state index contributed by atoms with van der Waals surface area (Å²) < 4.78 is 11.8. The molecule has 152 valence electrons. The van der Waals surface area contributed by atoms with Gasteiger partial charge in [0.2, 0.25) is 0 Å². The van der Waals surface area contributed by atoms with Gasteiger partial charge in [0.1, 0.15) is 12.1 Å². The van der Waals surface area contributed by atoms with Crippen molar-refractivity contribution in [1.29, 1.82) is 0 Å². The lowest BCUT2D eigenvalue weighted by molar-refractivity contribution is -0.148. The Balaban J connectivity index is 1.44. The van der Waals surface area contributed by atoms with Gasteiger partial charge in [-0.05, 0) is 43.5 Å². The molecular weight excluding hydrogens is 374 g/mol. The first kappa shape index (κ1) is 20.2. The van der Waals surface area contributed by atoms with Crippen LogP contribution in [0.4, 0.5) is 0 Å². The normalized spacial score (nSPS) is 10.7. The maximum atomic E-state index is 12.0. The summed E-state index contributed by atoms with van der Waals surface area (Å²) in [5, 5.41) is 6.84. The second-order valence-corrected chi connectivity index (χ2v) is 6.52. The predicted molar refractivity (Wildman–Crippen MR) is 104 cm³/mol. The SMILES string of the molecule is COc1ccc(CNC(=O)COC(=O)CCc2c(C)nc3ncnn3c2C)cc1. The molecule has 0 aliphatic heterocycles. The number of benzene rings is 1. The van der Waals surface area contributed by atoms with Crippen LogP contribution < -0.4 is 10.1 Å². The minimum absolute atomic E-state index is 0.148. The molecule has 0 fully saturated rings. The molecular formula is C20H23N5O4. The maximum absolute atomic E-state index is 12.0. The first-order valence-corrected chi connectivity index (χ1v) is 9.19. The highest BCUT2D eigenvalue weighted by Crippen LogP contribution is 2.15. The summed E-state index contributed by atoms with van der Waals surface area (Å²) in [4.78, 5) is 32.4. The molecule has 9 heteroatoms. The molecule has 3 rings (SSSR count). The number of nitrogens with one attached hydrogen (secondary N) is 1. The number of aryl methyl sites for hydroxylation is 2. The third-order valence-corrected chi connectivity index (χ3v) is 4.58. The van der Waals surface area contributed by atoms with Crippen molar-refractivity contribution in [2.24, 2.45) is 0 Å². The van der Waals surface area contributed by atoms with Gasteiger partial charge in [-0.3, -0.25) is 9.59 Å². The van der Waals surface area contributed by atoms with E-state index in [-0.39, 0.29) is 18.9 Å². The molecule has 0 bridgehead atoms. The van der Waals surface area contributed by atoms with E-state index >= 15 is 0 Å². The molecule has 0 unspecified atom stereocenters. The van der Waals surface area contributed by atoms with Gasteiger partial charge < -0.3 is 14.8 Å². The number of methoxy groups -OCH3 is 1. The van der Waals surface area contributed by atoms with Crippen LogP contribution in [0.25, 0.3) is 5.78 Å². The van der Waals surface area contributed by atoms with Crippen LogP contribution in [0.1, 0.15) is 28.9 Å². The van der Waals surface area contributed by atoms with Crippen LogP contribution in [0.5, 0.6) is 5.75 Å². The topological polar surface area (TPSA) is 108 Å². The summed E-state index contributed by atoms with van der Waals surface area (Å²) in [5.41, 5.74) is 3.53. The zero-order valence-corrected chi connectivity index (χ0v) is 16.6. The number of aromatic nitrogens is 4. The van der Waals surface area contributed by atoms with Crippen molar-refractivity contribution in [2.45, 2.75) is 33.2 Å². The van der Waals surface area contributed by atoms with Gasteiger partial charge in [-0.15, -0.1) is 0 Å². The predicted octanol–water partition coefficient (Wildman–Crippen LogP) is 1.54. The molecule has 29 heavy (non-hydrogen) atoms. The Labute approximate surface area is 168 Å². The zero-order valence-electron chi connectivity index (χ0n) is 16.6. The van der Waals surface area contributed by atoms with Crippen molar-refractivity contribution in [3.05, 3.63) is 53.1 Å². The van der Waals surface area contributed by atoms with E-state index in [1.54, 1.807) is 11.6 Å². The van der Waals surface area contributed by atoms with E-state index in [1.165, 1.54) is 6.33 Å². The van der Waals surface area contributed by atoms with Crippen LogP contribution in [0.3, 0.4) is 0 Å². The Morgan fingerprint density at radius 2 is 1.93 bits per heavy atom. The van der Waals surface area contributed by atoms with Gasteiger partial charge in [-0.2, -0.15) is 10.1 Å². The Morgan fingerprint density at radius 1 is 1.17 bits per heavy atom. The third-order valence-electron chi connectivity index (χ3n) is 4.58. The van der Waals surface area contributed by atoms with Gasteiger partial charge in [0, 0.05) is 24.4 Å². The van der Waals surface area contributed by atoms with Crippen LogP contribution in [-0.4, -0.2) is 45.2 Å². The van der Waals surface area contributed by atoms with Crippen LogP contribution in [-0.2, 0) is 27.3 Å². The fourth-order valence-corrected chi connectivity index (χ4v) is 2.96. The number of carbonyl (C=O) groups excluding carboxylic acids is 2. The zero-order chi connectivity index (χ0) is 20.8. The third kappa shape index (κ3) is 5.07. The quantitative estimate of drug-likeness (QED) is 0.575. The van der Waals surface area contributed by atoms with Crippen molar-refractivity contribution < 1.29 is 19.1 Å². The second-order valence-electron chi connectivity index (χ2n) is 6.52. The first-order valence-electron chi connectivity index (χ1n) is 9.19. The lowest BCUT2D eigenvalue weighted by Gasteiger charge is -2.10. The molecule has 1 aromatic carbocycles. The fraction of sp³-hybridized carbons (Fsp3) is 0.350. The van der Waals surface area contributed by atoms with Crippen molar-refractivity contribution in [1.82, 2.24) is 24.9 Å². The molecule has 1 N–H and O–H groups in total. The number of hydrogen-bond donors (Lipinski definition) is 1. The maximum Gasteiger partial charge on any atom is 0.306 e. The molecule has 0 aliphatic rings. The van der Waals surface area contributed by atoms with Gasteiger partial charge >= 0.3 is 5.97 Å². The standard InChI is InChI=1S/C20H23N5O4/c1-13-17(14(2)25-20(24-13)22-12-23-25)8-9-19(27)29-11-18(26)21-10-15-4-6-16(28-3)7-5-15/h4-7,12H,8-11H2,1-3H3,(H,21,26). The van der Waals surface area contributed by atoms with Crippen LogP contribution in [0, 0.1) is 13.8 Å². The highest BCUT2D eigenvalue weighted by Gasteiger charge is 2.14. The first-order chi connectivity index (χ1) is 14.0. The van der Waals surface area contributed by atoms with E-state index in [0.717, 1.165) is 28.3 Å². The highest BCUT2D eigenvalue weighted by molar-refractivity contribution is 5.80. The molecule has 2 aromatic heterocycles. The van der Waals surface area contributed by atoms with E-state index in [1.807, 2.05) is 38.1 Å². The average molecular weight is 397 g/mol. The second kappa shape index (κ2) is 9.13. The molecule has 0 spiro atoms. The van der Waals surface area contributed by atoms with Gasteiger partial charge in [0.25, 0.3) is 11.7 Å². The summed E-state index contributed by atoms with van der Waals surface area (Å²) in [5.74, 6) is 0.479. The minimum atomic E-state index is -0.443. The van der Waals surface area contributed by atoms with Crippen LogP contribution in [0.15, 0.2) is 30.6 Å². The Hall–Kier alpha value is -3.49. The van der Waals surface area contributed by atoms with Crippen molar-refractivity contribution in [3.8, 4) is 5.75 Å². The van der Waals surface area contributed by atoms with E-state index in [2.05, 4.69) is 20.4 Å². The van der Waals surface area contributed by atoms with E-state index in [9.17, 15) is 9.59 Å². The lowest BCUT2D eigenvalue weighted by atomic mass is 10.1. The molecule has 0 atom stereocenters. The van der Waals surface area contributed by atoms with Crippen LogP contribution in [0.2, 0.25) is 0 Å². The van der Waals surface area contributed by atoms with Crippen LogP contribution >= 0.6 is 0 Å². The molecule has 0 saturated heterocycles. The number of rotatable bonds is 8. The molecule has 0 radical (unpaired) electrons. The van der Waals surface area contributed by atoms with Gasteiger partial charge in [0.05, 0.1) is 7.11 Å². The van der Waals surface area contributed by atoms with E-state index < -0.39 is 5.97 Å². The van der Waals surface area contributed by atoms with Gasteiger partial charge in [-0.1, -0.05) is 12.1 Å². The number of hydrogen-bond acceptors (Lipinski definition) is 7. The molecule has 1 amide bonds. The number of amides is 1. The summed E-state index contributed by atoms with van der Waals surface area (Å²) in [6, 6.07) is 7.35. The minimum Gasteiger partial charge on any atom is -0.497 e. The Bertz CT molecular complexity index is 1010. The molecule has 3 aromatic rings. The van der Waals surface area contributed by atoms with E-state index in [0.29, 0.717) is 18.7 Å². The molecule has 9 nitrogen and oxygen atoms in total.